The lowest BCUT2D eigenvalue weighted by Gasteiger charge is -2.25. The van der Waals surface area contributed by atoms with Gasteiger partial charge in [-0.1, -0.05) is 36.4 Å². The van der Waals surface area contributed by atoms with Crippen molar-refractivity contribution in [1.82, 2.24) is 10.0 Å². The van der Waals surface area contributed by atoms with Crippen LogP contribution in [0.15, 0.2) is 48.5 Å². The van der Waals surface area contributed by atoms with Gasteiger partial charge in [-0.15, -0.1) is 11.3 Å². The molecule has 0 aliphatic carbocycles. The molecule has 112 valence electrons. The summed E-state index contributed by atoms with van der Waals surface area (Å²) in [6.45, 7) is 1.83. The lowest BCUT2D eigenvalue weighted by Crippen LogP contribution is -2.25. The molecule has 3 rings (SSSR count). The van der Waals surface area contributed by atoms with E-state index in [9.17, 15) is 10.0 Å². The van der Waals surface area contributed by atoms with Crippen LogP contribution in [0, 0.1) is 5.21 Å². The molecule has 0 aliphatic rings. The van der Waals surface area contributed by atoms with Crippen LogP contribution in [0.3, 0.4) is 0 Å². The van der Waals surface area contributed by atoms with Gasteiger partial charge in [-0.25, -0.2) is 4.98 Å². The Labute approximate surface area is 132 Å². The molecule has 2 aromatic carbocycles. The molecule has 22 heavy (non-hydrogen) atoms. The zero-order valence-electron chi connectivity index (χ0n) is 12.2. The Hall–Kier alpha value is -2.24. The van der Waals surface area contributed by atoms with Gasteiger partial charge in [0.05, 0.1) is 16.6 Å². The number of benzene rings is 2. The summed E-state index contributed by atoms with van der Waals surface area (Å²) >= 11 is 1.46. The number of carbonyl (C=O) groups excluding carboxylic acids is 1. The maximum absolute atomic E-state index is 11.7. The van der Waals surface area contributed by atoms with Gasteiger partial charge in [0.2, 0.25) is 5.91 Å². The number of aromatic nitrogens is 1. The molecule has 5 heteroatoms. The molecule has 1 amide bonds. The lowest BCUT2D eigenvalue weighted by atomic mass is 10.1. The maximum Gasteiger partial charge on any atom is 0.218 e. The highest BCUT2D eigenvalue weighted by Crippen LogP contribution is 2.28. The van der Waals surface area contributed by atoms with Crippen molar-refractivity contribution in [2.24, 2.45) is 0 Å². The van der Waals surface area contributed by atoms with Gasteiger partial charge in [-0.2, -0.15) is 0 Å². The van der Waals surface area contributed by atoms with Gasteiger partial charge < -0.3 is 10.3 Å². The van der Waals surface area contributed by atoms with Crippen LogP contribution in [-0.4, -0.2) is 22.5 Å². The second-order valence-corrected chi connectivity index (χ2v) is 6.04. The highest BCUT2D eigenvalue weighted by molar-refractivity contribution is 7.18. The number of nitrogens with zero attached hydrogens (tertiary/aromatic N) is 2. The number of fused-ring (bicyclic) bond motifs is 1. The van der Waals surface area contributed by atoms with Gasteiger partial charge in [0.25, 0.3) is 0 Å². The first kappa shape index (κ1) is 14.7. The topological polar surface area (TPSA) is 56.3 Å². The van der Waals surface area contributed by atoms with Gasteiger partial charge in [0.15, 0.2) is 0 Å². The summed E-state index contributed by atoms with van der Waals surface area (Å²) in [6.07, 6.45) is 0.0668. The van der Waals surface area contributed by atoms with Crippen molar-refractivity contribution in [1.29, 1.82) is 0 Å². The number of amides is 1. The third-order valence-electron chi connectivity index (χ3n) is 3.41. The van der Waals surface area contributed by atoms with Crippen molar-refractivity contribution >= 4 is 27.5 Å². The van der Waals surface area contributed by atoms with E-state index in [1.807, 2.05) is 30.3 Å². The third-order valence-corrected chi connectivity index (χ3v) is 4.43. The fourth-order valence-corrected chi connectivity index (χ4v) is 3.25. The molecule has 0 fully saturated rings. The van der Waals surface area contributed by atoms with Gasteiger partial charge in [0.1, 0.15) is 5.01 Å². The summed E-state index contributed by atoms with van der Waals surface area (Å²) in [4.78, 5) is 16.1. The predicted molar refractivity (Wildman–Crippen MR) is 89.5 cm³/mol. The number of rotatable bonds is 4. The second kappa shape index (κ2) is 6.25. The van der Waals surface area contributed by atoms with E-state index in [1.165, 1.54) is 11.3 Å². The monoisotopic (exact) mass is 311 g/mol. The molecule has 4 nitrogen and oxygen atoms in total. The Balaban J connectivity index is 1.89. The van der Waals surface area contributed by atoms with Gasteiger partial charge >= 0.3 is 0 Å². The van der Waals surface area contributed by atoms with Gasteiger partial charge in [-0.3, -0.25) is 4.79 Å². The van der Waals surface area contributed by atoms with Crippen molar-refractivity contribution in [2.75, 3.05) is 6.54 Å². The van der Waals surface area contributed by atoms with Crippen molar-refractivity contribution in [3.05, 3.63) is 58.7 Å². The first-order chi connectivity index (χ1) is 10.7. The summed E-state index contributed by atoms with van der Waals surface area (Å²) in [5.74, 6) is -0.440. The number of hydrogen-bond donors (Lipinski definition) is 0. The number of thiazole rings is 1. The summed E-state index contributed by atoms with van der Waals surface area (Å²) in [5, 5.41) is 12.5. The largest absolute Gasteiger partial charge is 0.756 e. The van der Waals surface area contributed by atoms with Crippen LogP contribution in [0.2, 0.25) is 0 Å². The Morgan fingerprint density at radius 2 is 1.95 bits per heavy atom. The zero-order chi connectivity index (χ0) is 15.5. The Kier molecular flexibility index (Phi) is 4.18. The Morgan fingerprint density at radius 3 is 2.68 bits per heavy atom. The van der Waals surface area contributed by atoms with Crippen molar-refractivity contribution in [3.8, 4) is 11.1 Å². The quantitative estimate of drug-likeness (QED) is 0.688. The highest BCUT2D eigenvalue weighted by Gasteiger charge is 2.10. The molecule has 0 atom stereocenters. The van der Waals surface area contributed by atoms with Crippen molar-refractivity contribution in [3.63, 3.8) is 0 Å². The Morgan fingerprint density at radius 1 is 1.18 bits per heavy atom. The van der Waals surface area contributed by atoms with E-state index in [0.717, 1.165) is 21.3 Å². The third kappa shape index (κ3) is 3.00. The van der Waals surface area contributed by atoms with Crippen LogP contribution in [0.25, 0.3) is 21.3 Å². The molecule has 0 spiro atoms. The van der Waals surface area contributed by atoms with Crippen molar-refractivity contribution < 1.29 is 4.79 Å². The van der Waals surface area contributed by atoms with E-state index in [0.29, 0.717) is 10.1 Å². The van der Waals surface area contributed by atoms with Crippen LogP contribution in [0.4, 0.5) is 0 Å². The second-order valence-electron chi connectivity index (χ2n) is 4.92. The molecule has 1 aromatic heterocycles. The first-order valence-electron chi connectivity index (χ1n) is 7.09. The number of carbonyl (C=O) groups is 1. The molecule has 0 radical (unpaired) electrons. The minimum absolute atomic E-state index is 0.0668. The molecule has 0 saturated carbocycles. The van der Waals surface area contributed by atoms with Crippen LogP contribution < -0.4 is 0 Å². The van der Waals surface area contributed by atoms with Crippen LogP contribution >= 0.6 is 11.3 Å². The standard InChI is InChI=1S/C17H15N2O2S/c1-2-19(21)17(20)11-16-18-14-9-8-13(10-15(14)22-16)12-6-4-3-5-7-12/h3-10H,2,11H2,1H3/q-1. The summed E-state index contributed by atoms with van der Waals surface area (Å²) in [6, 6.07) is 16.2. The van der Waals surface area contributed by atoms with E-state index in [-0.39, 0.29) is 13.0 Å². The van der Waals surface area contributed by atoms with Crippen molar-refractivity contribution in [2.45, 2.75) is 13.3 Å². The van der Waals surface area contributed by atoms with Gasteiger partial charge in [-0.05, 0) is 30.2 Å². The van der Waals surface area contributed by atoms with E-state index in [2.05, 4.69) is 23.2 Å². The van der Waals surface area contributed by atoms with E-state index >= 15 is 0 Å². The van der Waals surface area contributed by atoms with Crippen LogP contribution in [-0.2, 0) is 11.2 Å². The van der Waals surface area contributed by atoms with Gasteiger partial charge in [0, 0.05) is 6.54 Å². The van der Waals surface area contributed by atoms with Crippen LogP contribution in [0.1, 0.15) is 11.9 Å². The number of hydrogen-bond acceptors (Lipinski definition) is 4. The number of hydroxylamine groups is 2. The SMILES string of the molecule is CCN([O-])C(=O)Cc1nc2ccc(-c3ccccc3)cc2s1. The molecule has 1 heterocycles. The van der Waals surface area contributed by atoms with E-state index < -0.39 is 5.91 Å². The van der Waals surface area contributed by atoms with E-state index in [1.54, 1.807) is 6.92 Å². The molecule has 0 saturated heterocycles. The maximum atomic E-state index is 11.7. The zero-order valence-corrected chi connectivity index (χ0v) is 13.0. The molecule has 0 bridgehead atoms. The molecule has 3 aromatic rings. The minimum Gasteiger partial charge on any atom is -0.756 e. The van der Waals surface area contributed by atoms with Crippen LogP contribution in [0.5, 0.6) is 0 Å². The first-order valence-corrected chi connectivity index (χ1v) is 7.91. The summed E-state index contributed by atoms with van der Waals surface area (Å²) in [7, 11) is 0. The molecule has 0 unspecified atom stereocenters. The molecular formula is C17H15N2O2S-. The minimum atomic E-state index is -0.440. The highest BCUT2D eigenvalue weighted by atomic mass is 32.1. The Bertz CT molecular complexity index is 799. The fourth-order valence-electron chi connectivity index (χ4n) is 2.25. The average Bonchev–Trinajstić information content (AvgIpc) is 2.96. The van der Waals surface area contributed by atoms with E-state index in [4.69, 9.17) is 0 Å². The smallest absolute Gasteiger partial charge is 0.218 e. The summed E-state index contributed by atoms with van der Waals surface area (Å²) in [5.41, 5.74) is 3.13. The average molecular weight is 311 g/mol. The lowest BCUT2D eigenvalue weighted by molar-refractivity contribution is -0.127. The fraction of sp³-hybridized carbons (Fsp3) is 0.176. The molecular weight excluding hydrogens is 296 g/mol. The molecule has 0 aliphatic heterocycles. The summed E-state index contributed by atoms with van der Waals surface area (Å²) < 4.78 is 1.03. The molecule has 0 N–H and O–H groups in total. The normalized spacial score (nSPS) is 10.8. The predicted octanol–water partition coefficient (Wildman–Crippen LogP) is 3.85. The number of likely N-dealkylation sites (N-methyl/N-ethyl adjacent to an activating group) is 1.